The number of rotatable bonds is 11. The van der Waals surface area contributed by atoms with Crippen LogP contribution in [-0.4, -0.2) is 40.5 Å². The highest BCUT2D eigenvalue weighted by atomic mass is 31.2. The van der Waals surface area contributed by atoms with Crippen molar-refractivity contribution < 1.29 is 4.89 Å². The molecule has 1 atom stereocenters. The predicted molar refractivity (Wildman–Crippen MR) is 101 cm³/mol. The minimum absolute atomic E-state index is 0.0164. The fourth-order valence-corrected chi connectivity index (χ4v) is 3.36. The van der Waals surface area contributed by atoms with Gasteiger partial charge in [0.05, 0.1) is 0 Å². The molecule has 0 aliphatic carbocycles. The zero-order valence-electron chi connectivity index (χ0n) is 16.2. The topological polar surface area (TPSA) is 130 Å². The number of nitrogens with zero attached hydrogens (tertiary/aromatic N) is 1. The molecule has 0 fully saturated rings. The van der Waals surface area contributed by atoms with E-state index in [-0.39, 0.29) is 24.2 Å². The first-order chi connectivity index (χ1) is 10.9. The van der Waals surface area contributed by atoms with Gasteiger partial charge in [-0.3, -0.25) is 26.8 Å². The molecule has 0 aromatic rings. The molecule has 0 aliphatic rings. The molecule has 9 heteroatoms. The van der Waals surface area contributed by atoms with Gasteiger partial charge in [0.2, 0.25) is 5.66 Å². The van der Waals surface area contributed by atoms with Crippen LogP contribution in [-0.2, 0) is 0 Å². The molecule has 1 unspecified atom stereocenters. The Morgan fingerprint density at radius 2 is 1.17 bits per heavy atom. The van der Waals surface area contributed by atoms with Gasteiger partial charge >= 0.3 is 0 Å². The third-order valence-corrected chi connectivity index (χ3v) is 3.60. The van der Waals surface area contributed by atoms with Crippen molar-refractivity contribution in [2.45, 2.75) is 91.0 Å². The predicted octanol–water partition coefficient (Wildman–Crippen LogP) is 0.620. The molecule has 0 spiro atoms. The summed E-state index contributed by atoms with van der Waals surface area (Å²) >= 11 is 0. The summed E-state index contributed by atoms with van der Waals surface area (Å²) in [6.45, 7) is 15.8. The smallest absolute Gasteiger partial charge is 0.206 e. The van der Waals surface area contributed by atoms with Crippen LogP contribution in [0.4, 0.5) is 0 Å². The van der Waals surface area contributed by atoms with Crippen molar-refractivity contribution in [3.8, 4) is 6.07 Å². The summed E-state index contributed by atoms with van der Waals surface area (Å²) in [7, 11) is -1.98. The molecule has 0 aromatic heterocycles. The molecule has 0 aliphatic heterocycles. The van der Waals surface area contributed by atoms with E-state index in [1.54, 1.807) is 0 Å². The minimum atomic E-state index is -1.98. The largest absolute Gasteiger partial charge is 0.348 e. The lowest BCUT2D eigenvalue weighted by atomic mass is 9.97. The molecule has 0 bridgehead atoms. The Kier molecular flexibility index (Phi) is 9.80. The Hall–Kier alpha value is -0.360. The first-order valence-electron chi connectivity index (χ1n) is 8.43. The maximum Gasteiger partial charge on any atom is 0.206 e. The molecule has 24 heavy (non-hydrogen) atoms. The molecule has 8 nitrogen and oxygen atoms in total. The third-order valence-electron chi connectivity index (χ3n) is 3.03. The van der Waals surface area contributed by atoms with Gasteiger partial charge in [-0.1, -0.05) is 0 Å². The highest BCUT2D eigenvalue weighted by Crippen LogP contribution is 2.26. The highest BCUT2D eigenvalue weighted by molar-refractivity contribution is 7.46. The highest BCUT2D eigenvalue weighted by Gasteiger charge is 2.54. The average molecular weight is 361 g/mol. The van der Waals surface area contributed by atoms with Crippen LogP contribution in [0.1, 0.15) is 55.4 Å². The SMILES string of the molecule is CC(C)NC(C#N)(NC(C)C)C(NC(C)C)(NC(C)C)NP(N)O. The van der Waals surface area contributed by atoms with Crippen LogP contribution in [0.2, 0.25) is 0 Å². The van der Waals surface area contributed by atoms with Crippen LogP contribution < -0.4 is 31.9 Å². The van der Waals surface area contributed by atoms with E-state index >= 15 is 0 Å². The van der Waals surface area contributed by atoms with E-state index in [1.165, 1.54) is 0 Å². The Morgan fingerprint density at radius 3 is 1.38 bits per heavy atom. The Balaban J connectivity index is 6.31. The summed E-state index contributed by atoms with van der Waals surface area (Å²) in [6.07, 6.45) is 0. The summed E-state index contributed by atoms with van der Waals surface area (Å²) < 4.78 is 0. The molecule has 0 saturated heterocycles. The first kappa shape index (κ1) is 23.6. The summed E-state index contributed by atoms with van der Waals surface area (Å²) in [6, 6.07) is 2.45. The molecule has 0 radical (unpaired) electrons. The average Bonchev–Trinajstić information content (AvgIpc) is 2.33. The van der Waals surface area contributed by atoms with Crippen LogP contribution >= 0.6 is 8.45 Å². The summed E-state index contributed by atoms with van der Waals surface area (Å²) in [5.41, 5.74) is 4.45. The van der Waals surface area contributed by atoms with Crippen LogP contribution in [0, 0.1) is 11.3 Å². The number of hydrogen-bond acceptors (Lipinski definition) is 8. The van der Waals surface area contributed by atoms with Gasteiger partial charge in [0.1, 0.15) is 6.07 Å². The fraction of sp³-hybridized carbons (Fsp3) is 0.933. The van der Waals surface area contributed by atoms with E-state index in [0.29, 0.717) is 0 Å². The monoisotopic (exact) mass is 361 g/mol. The van der Waals surface area contributed by atoms with Gasteiger partial charge in [0.25, 0.3) is 0 Å². The van der Waals surface area contributed by atoms with Crippen molar-refractivity contribution >= 4 is 8.45 Å². The number of nitriles is 1. The van der Waals surface area contributed by atoms with E-state index in [0.717, 1.165) is 0 Å². The fourth-order valence-electron chi connectivity index (χ4n) is 2.72. The third kappa shape index (κ3) is 6.87. The lowest BCUT2D eigenvalue weighted by molar-refractivity contribution is 0.0587. The van der Waals surface area contributed by atoms with Crippen molar-refractivity contribution in [2.75, 3.05) is 0 Å². The lowest BCUT2D eigenvalue weighted by Crippen LogP contribution is -2.87. The Morgan fingerprint density at radius 1 is 0.833 bits per heavy atom. The molecule has 8 N–H and O–H groups in total. The normalized spacial score (nSPS) is 14.7. The van der Waals surface area contributed by atoms with Gasteiger partial charge in [0, 0.05) is 24.2 Å². The van der Waals surface area contributed by atoms with E-state index in [1.807, 2.05) is 55.4 Å². The second kappa shape index (κ2) is 9.95. The second-order valence-corrected chi connectivity index (χ2v) is 8.18. The first-order valence-corrected chi connectivity index (χ1v) is 9.79. The lowest BCUT2D eigenvalue weighted by Gasteiger charge is -2.51. The van der Waals surface area contributed by atoms with Crippen LogP contribution in [0.3, 0.4) is 0 Å². The van der Waals surface area contributed by atoms with Crippen molar-refractivity contribution in [1.29, 1.82) is 5.26 Å². The van der Waals surface area contributed by atoms with Gasteiger partial charge < -0.3 is 4.89 Å². The molecular weight excluding hydrogens is 325 g/mol. The van der Waals surface area contributed by atoms with Crippen LogP contribution in [0.15, 0.2) is 0 Å². The van der Waals surface area contributed by atoms with Gasteiger partial charge in [-0.15, -0.1) is 0 Å². The van der Waals surface area contributed by atoms with Crippen molar-refractivity contribution in [2.24, 2.45) is 5.50 Å². The zero-order chi connectivity index (χ0) is 19.1. The number of hydrogen-bond donors (Lipinski definition) is 7. The summed E-state index contributed by atoms with van der Waals surface area (Å²) in [5.74, 6) is -1.19. The maximum atomic E-state index is 10.1. The van der Waals surface area contributed by atoms with Crippen molar-refractivity contribution in [1.82, 2.24) is 26.4 Å². The number of nitrogens with one attached hydrogen (secondary N) is 5. The molecule has 0 heterocycles. The summed E-state index contributed by atoms with van der Waals surface area (Å²) in [4.78, 5) is 9.93. The van der Waals surface area contributed by atoms with E-state index in [4.69, 9.17) is 5.50 Å². The second-order valence-electron chi connectivity index (χ2n) is 7.26. The zero-order valence-corrected chi connectivity index (χ0v) is 17.1. The molecule has 142 valence electrons. The molecule has 0 amide bonds. The molecular formula is C15H36N7OP. The van der Waals surface area contributed by atoms with Gasteiger partial charge in [-0.05, 0) is 55.4 Å². The van der Waals surface area contributed by atoms with E-state index in [2.05, 4.69) is 32.4 Å². The van der Waals surface area contributed by atoms with E-state index in [9.17, 15) is 10.2 Å². The van der Waals surface area contributed by atoms with Crippen molar-refractivity contribution in [3.63, 3.8) is 0 Å². The van der Waals surface area contributed by atoms with Gasteiger partial charge in [-0.2, -0.15) is 5.26 Å². The summed E-state index contributed by atoms with van der Waals surface area (Å²) in [5, 5.41) is 26.5. The van der Waals surface area contributed by atoms with Gasteiger partial charge in [0.15, 0.2) is 14.2 Å². The molecule has 0 aromatic carbocycles. The van der Waals surface area contributed by atoms with Crippen molar-refractivity contribution in [3.05, 3.63) is 0 Å². The minimum Gasteiger partial charge on any atom is -0.348 e. The standard InChI is InChI=1S/C15H36N7OP/c1-10(2)18-14(9-16,19-11(3)4)15(20-12(5)6,21-13(7)8)22-24(17)23/h10-13,18-23H,17H2,1-8H3. The number of nitrogens with two attached hydrogens (primary N) is 1. The van der Waals surface area contributed by atoms with Crippen LogP contribution in [0.25, 0.3) is 0 Å². The van der Waals surface area contributed by atoms with E-state index < -0.39 is 19.9 Å². The molecule has 0 saturated carbocycles. The Labute approximate surface area is 148 Å². The maximum absolute atomic E-state index is 10.1. The van der Waals surface area contributed by atoms with Gasteiger partial charge in [-0.25, -0.2) is 5.09 Å². The van der Waals surface area contributed by atoms with Crippen LogP contribution in [0.5, 0.6) is 0 Å². The molecule has 0 rings (SSSR count). The quantitative estimate of drug-likeness (QED) is 0.211. The Bertz CT molecular complexity index is 371.